The molecule has 128 valence electrons. The van der Waals surface area contributed by atoms with Crippen molar-refractivity contribution in [1.29, 1.82) is 5.26 Å². The van der Waals surface area contributed by atoms with Crippen molar-refractivity contribution in [3.63, 3.8) is 0 Å². The molecule has 0 bridgehead atoms. The van der Waals surface area contributed by atoms with Crippen molar-refractivity contribution in [1.82, 2.24) is 0 Å². The first kappa shape index (κ1) is 17.7. The molecule has 0 radical (unpaired) electrons. The predicted octanol–water partition coefficient (Wildman–Crippen LogP) is 2.88. The molecule has 1 unspecified atom stereocenters. The molecule has 1 aliphatic heterocycles. The van der Waals surface area contributed by atoms with Crippen LogP contribution < -0.4 is 4.90 Å². The summed E-state index contributed by atoms with van der Waals surface area (Å²) in [6.07, 6.45) is 0.584. The van der Waals surface area contributed by atoms with Gasteiger partial charge in [0.1, 0.15) is 5.69 Å². The van der Waals surface area contributed by atoms with Gasteiger partial charge in [-0.25, -0.2) is 0 Å². The molecule has 7 nitrogen and oxygen atoms in total. The van der Waals surface area contributed by atoms with Crippen LogP contribution in [0.2, 0.25) is 0 Å². The molecular formula is C17H21N3O4. The minimum atomic E-state index is -0.669. The number of anilines is 1. The van der Waals surface area contributed by atoms with Crippen molar-refractivity contribution in [2.24, 2.45) is 11.3 Å². The summed E-state index contributed by atoms with van der Waals surface area (Å²) in [5.74, 6) is -0.196. The number of hydrogen-bond acceptors (Lipinski definition) is 6. The van der Waals surface area contributed by atoms with E-state index >= 15 is 0 Å². The standard InChI is InChI=1S/C17H21N3O4/c1-4-24-16(21)17(12(2)3)7-8-19(11-17)14-6-5-13(10-18)9-15(14)20(22)23/h5-6,9,12H,4,7-8,11H2,1-3H3. The molecule has 1 aromatic rings. The molecule has 0 N–H and O–H groups in total. The second-order valence-corrected chi connectivity index (χ2v) is 6.28. The van der Waals surface area contributed by atoms with Crippen LogP contribution in [0.4, 0.5) is 11.4 Å². The summed E-state index contributed by atoms with van der Waals surface area (Å²) in [5.41, 5.74) is -0.105. The van der Waals surface area contributed by atoms with Gasteiger partial charge in [-0.1, -0.05) is 13.8 Å². The van der Waals surface area contributed by atoms with Gasteiger partial charge in [0.2, 0.25) is 0 Å². The Kier molecular flexibility index (Phi) is 5.07. The molecule has 0 aromatic heterocycles. The van der Waals surface area contributed by atoms with Gasteiger partial charge in [0.15, 0.2) is 0 Å². The summed E-state index contributed by atoms with van der Waals surface area (Å²) in [7, 11) is 0. The number of nitriles is 1. The minimum Gasteiger partial charge on any atom is -0.466 e. The second-order valence-electron chi connectivity index (χ2n) is 6.28. The minimum absolute atomic E-state index is 0.0546. The number of nitro benzene ring substituents is 1. The Labute approximate surface area is 141 Å². The van der Waals surface area contributed by atoms with Gasteiger partial charge in [0.05, 0.1) is 28.6 Å². The zero-order valence-electron chi connectivity index (χ0n) is 14.1. The average molecular weight is 331 g/mol. The lowest BCUT2D eigenvalue weighted by Gasteiger charge is -2.31. The highest BCUT2D eigenvalue weighted by atomic mass is 16.6. The van der Waals surface area contributed by atoms with E-state index in [0.29, 0.717) is 31.8 Å². The first-order chi connectivity index (χ1) is 11.4. The second kappa shape index (κ2) is 6.87. The van der Waals surface area contributed by atoms with Gasteiger partial charge in [-0.2, -0.15) is 5.26 Å². The van der Waals surface area contributed by atoms with E-state index in [0.717, 1.165) is 0 Å². The Hall–Kier alpha value is -2.62. The van der Waals surface area contributed by atoms with E-state index in [1.54, 1.807) is 19.1 Å². The zero-order valence-corrected chi connectivity index (χ0v) is 14.1. The first-order valence-electron chi connectivity index (χ1n) is 7.96. The average Bonchev–Trinajstić information content (AvgIpc) is 3.01. The highest BCUT2D eigenvalue weighted by Crippen LogP contribution is 2.43. The largest absolute Gasteiger partial charge is 0.466 e. The van der Waals surface area contributed by atoms with Gasteiger partial charge in [-0.3, -0.25) is 14.9 Å². The number of hydrogen-bond donors (Lipinski definition) is 0. The van der Waals surface area contributed by atoms with Gasteiger partial charge in [0.25, 0.3) is 5.69 Å². The summed E-state index contributed by atoms with van der Waals surface area (Å²) < 4.78 is 5.25. The number of ether oxygens (including phenoxy) is 1. The van der Waals surface area contributed by atoms with Gasteiger partial charge in [-0.05, 0) is 31.4 Å². The van der Waals surface area contributed by atoms with E-state index in [2.05, 4.69) is 0 Å². The molecule has 1 fully saturated rings. The quantitative estimate of drug-likeness (QED) is 0.467. The monoisotopic (exact) mass is 331 g/mol. The molecule has 2 rings (SSSR count). The fourth-order valence-electron chi connectivity index (χ4n) is 3.19. The van der Waals surface area contributed by atoms with Crippen LogP contribution >= 0.6 is 0 Å². The number of rotatable bonds is 5. The normalized spacial score (nSPS) is 20.0. The Morgan fingerprint density at radius 3 is 2.79 bits per heavy atom. The lowest BCUT2D eigenvalue weighted by atomic mass is 9.76. The Morgan fingerprint density at radius 1 is 1.54 bits per heavy atom. The van der Waals surface area contributed by atoms with Crippen molar-refractivity contribution in [3.8, 4) is 6.07 Å². The number of carbonyl (C=O) groups excluding carboxylic acids is 1. The Bertz CT molecular complexity index is 696. The van der Waals surface area contributed by atoms with E-state index in [1.165, 1.54) is 6.07 Å². The van der Waals surface area contributed by atoms with E-state index in [4.69, 9.17) is 10.00 Å². The van der Waals surface area contributed by atoms with Crippen LogP contribution in [0.3, 0.4) is 0 Å². The third kappa shape index (κ3) is 3.04. The summed E-state index contributed by atoms with van der Waals surface area (Å²) in [6, 6.07) is 6.32. The van der Waals surface area contributed by atoms with Crippen LogP contribution in [0.1, 0.15) is 32.8 Å². The van der Waals surface area contributed by atoms with Crippen LogP contribution in [-0.2, 0) is 9.53 Å². The van der Waals surface area contributed by atoms with Crippen molar-refractivity contribution in [2.45, 2.75) is 27.2 Å². The van der Waals surface area contributed by atoms with E-state index in [1.807, 2.05) is 24.8 Å². The summed E-state index contributed by atoms with van der Waals surface area (Å²) >= 11 is 0. The number of benzene rings is 1. The van der Waals surface area contributed by atoms with E-state index in [9.17, 15) is 14.9 Å². The highest BCUT2D eigenvalue weighted by Gasteiger charge is 2.49. The van der Waals surface area contributed by atoms with Crippen LogP contribution in [0.15, 0.2) is 18.2 Å². The van der Waals surface area contributed by atoms with Crippen molar-refractivity contribution < 1.29 is 14.5 Å². The summed E-state index contributed by atoms with van der Waals surface area (Å²) in [6.45, 7) is 6.91. The molecule has 0 spiro atoms. The molecule has 1 aromatic carbocycles. The van der Waals surface area contributed by atoms with Crippen LogP contribution in [0, 0.1) is 32.8 Å². The zero-order chi connectivity index (χ0) is 17.9. The summed E-state index contributed by atoms with van der Waals surface area (Å²) in [4.78, 5) is 25.2. The van der Waals surface area contributed by atoms with E-state index < -0.39 is 10.3 Å². The lowest BCUT2D eigenvalue weighted by Crippen LogP contribution is -2.40. The number of nitrogens with zero attached hydrogens (tertiary/aromatic N) is 3. The van der Waals surface area contributed by atoms with Gasteiger partial charge in [0, 0.05) is 19.2 Å². The first-order valence-corrected chi connectivity index (χ1v) is 7.96. The van der Waals surface area contributed by atoms with E-state index in [-0.39, 0.29) is 23.1 Å². The van der Waals surface area contributed by atoms with Crippen molar-refractivity contribution in [3.05, 3.63) is 33.9 Å². The fraction of sp³-hybridized carbons (Fsp3) is 0.529. The molecule has 24 heavy (non-hydrogen) atoms. The molecule has 0 saturated carbocycles. The lowest BCUT2D eigenvalue weighted by molar-refractivity contribution is -0.384. The summed E-state index contributed by atoms with van der Waals surface area (Å²) in [5, 5.41) is 20.3. The molecule has 1 heterocycles. The van der Waals surface area contributed by atoms with Crippen LogP contribution in [-0.4, -0.2) is 30.6 Å². The van der Waals surface area contributed by atoms with Crippen molar-refractivity contribution >= 4 is 17.3 Å². The number of nitro groups is 1. The maximum absolute atomic E-state index is 12.5. The van der Waals surface area contributed by atoms with Gasteiger partial charge in [-0.15, -0.1) is 0 Å². The maximum Gasteiger partial charge on any atom is 0.314 e. The third-order valence-electron chi connectivity index (χ3n) is 4.73. The third-order valence-corrected chi connectivity index (χ3v) is 4.73. The molecule has 1 saturated heterocycles. The molecule has 7 heteroatoms. The van der Waals surface area contributed by atoms with Crippen LogP contribution in [0.5, 0.6) is 0 Å². The number of carbonyl (C=O) groups is 1. The highest BCUT2D eigenvalue weighted by molar-refractivity contribution is 5.80. The Morgan fingerprint density at radius 2 is 2.25 bits per heavy atom. The molecule has 1 atom stereocenters. The smallest absolute Gasteiger partial charge is 0.314 e. The van der Waals surface area contributed by atoms with Gasteiger partial charge >= 0.3 is 5.97 Å². The molecule has 1 aliphatic rings. The molecule has 0 aliphatic carbocycles. The SMILES string of the molecule is CCOC(=O)C1(C(C)C)CCN(c2ccc(C#N)cc2[N+](=O)[O-])C1. The topological polar surface area (TPSA) is 96.5 Å². The number of esters is 1. The fourth-order valence-corrected chi connectivity index (χ4v) is 3.19. The molecule has 0 amide bonds. The maximum atomic E-state index is 12.5. The molecular weight excluding hydrogens is 310 g/mol. The van der Waals surface area contributed by atoms with Crippen molar-refractivity contribution in [2.75, 3.05) is 24.6 Å². The van der Waals surface area contributed by atoms with Crippen LogP contribution in [0.25, 0.3) is 0 Å². The predicted molar refractivity (Wildman–Crippen MR) is 88.5 cm³/mol. The Balaban J connectivity index is 2.38. The van der Waals surface area contributed by atoms with Gasteiger partial charge < -0.3 is 9.64 Å².